The molecule has 0 bridgehead atoms. The van der Waals surface area contributed by atoms with Gasteiger partial charge in [-0.05, 0) is 42.9 Å². The van der Waals surface area contributed by atoms with E-state index in [-0.39, 0.29) is 0 Å². The normalized spacial score (nSPS) is 12.6. The maximum atomic E-state index is 3.59. The zero-order valence-electron chi connectivity index (χ0n) is 13.7. The van der Waals surface area contributed by atoms with Crippen molar-refractivity contribution in [3.63, 3.8) is 0 Å². The lowest BCUT2D eigenvalue weighted by Crippen LogP contribution is -2.18. The average molecular weight is 281 g/mol. The maximum absolute atomic E-state index is 3.59. The minimum atomic E-state index is 0.376. The Hall–Kier alpha value is -1.60. The number of benzene rings is 2. The Morgan fingerprint density at radius 3 is 1.95 bits per heavy atom. The summed E-state index contributed by atoms with van der Waals surface area (Å²) >= 11 is 0. The molecule has 0 amide bonds. The second kappa shape index (κ2) is 7.42. The van der Waals surface area contributed by atoms with Gasteiger partial charge < -0.3 is 5.32 Å². The van der Waals surface area contributed by atoms with Crippen LogP contribution in [0.5, 0.6) is 0 Å². The Balaban J connectivity index is 1.88. The fourth-order valence-corrected chi connectivity index (χ4v) is 2.51. The van der Waals surface area contributed by atoms with E-state index in [4.69, 9.17) is 0 Å². The van der Waals surface area contributed by atoms with Gasteiger partial charge >= 0.3 is 0 Å². The standard InChI is InChI=1S/C20H27N/c1-15(2)13-18-7-9-19(10-8-18)14-21-17(4)20-11-5-16(3)6-12-20/h5-12,15,17,21H,13-14H2,1-4H3. The summed E-state index contributed by atoms with van der Waals surface area (Å²) in [5.74, 6) is 0.718. The van der Waals surface area contributed by atoms with E-state index in [0.717, 1.165) is 18.9 Å². The zero-order chi connectivity index (χ0) is 15.2. The molecule has 21 heavy (non-hydrogen) atoms. The number of hydrogen-bond donors (Lipinski definition) is 1. The van der Waals surface area contributed by atoms with Crippen LogP contribution in [0.2, 0.25) is 0 Å². The first-order valence-electron chi connectivity index (χ1n) is 7.92. The highest BCUT2D eigenvalue weighted by molar-refractivity contribution is 5.25. The first-order valence-corrected chi connectivity index (χ1v) is 7.92. The van der Waals surface area contributed by atoms with Crippen molar-refractivity contribution < 1.29 is 0 Å². The van der Waals surface area contributed by atoms with Crippen LogP contribution < -0.4 is 5.32 Å². The molecule has 0 aliphatic heterocycles. The van der Waals surface area contributed by atoms with Crippen molar-refractivity contribution in [1.29, 1.82) is 0 Å². The second-order valence-corrected chi connectivity index (χ2v) is 6.43. The second-order valence-electron chi connectivity index (χ2n) is 6.43. The minimum Gasteiger partial charge on any atom is -0.306 e. The molecule has 0 aliphatic rings. The summed E-state index contributed by atoms with van der Waals surface area (Å²) in [6, 6.07) is 18.1. The van der Waals surface area contributed by atoms with Crippen LogP contribution in [0.25, 0.3) is 0 Å². The van der Waals surface area contributed by atoms with Crippen molar-refractivity contribution in [3.05, 3.63) is 70.8 Å². The van der Waals surface area contributed by atoms with Gasteiger partial charge in [0, 0.05) is 12.6 Å². The van der Waals surface area contributed by atoms with Crippen molar-refractivity contribution in [2.75, 3.05) is 0 Å². The summed E-state index contributed by atoms with van der Waals surface area (Å²) in [4.78, 5) is 0. The SMILES string of the molecule is Cc1ccc(C(C)NCc2ccc(CC(C)C)cc2)cc1. The summed E-state index contributed by atoms with van der Waals surface area (Å²) < 4.78 is 0. The molecule has 0 aromatic heterocycles. The number of rotatable bonds is 6. The molecule has 1 atom stereocenters. The average Bonchev–Trinajstić information content (AvgIpc) is 2.46. The van der Waals surface area contributed by atoms with E-state index in [0.29, 0.717) is 6.04 Å². The van der Waals surface area contributed by atoms with Gasteiger partial charge in [0.2, 0.25) is 0 Å². The molecule has 0 aliphatic carbocycles. The highest BCUT2D eigenvalue weighted by atomic mass is 14.9. The minimum absolute atomic E-state index is 0.376. The molecular formula is C20H27N. The summed E-state index contributed by atoms with van der Waals surface area (Å²) in [7, 11) is 0. The Bertz CT molecular complexity index is 537. The topological polar surface area (TPSA) is 12.0 Å². The van der Waals surface area contributed by atoms with E-state index in [1.54, 1.807) is 0 Å². The van der Waals surface area contributed by atoms with Gasteiger partial charge in [0.25, 0.3) is 0 Å². The van der Waals surface area contributed by atoms with Gasteiger partial charge in [-0.25, -0.2) is 0 Å². The van der Waals surface area contributed by atoms with E-state index >= 15 is 0 Å². The molecule has 0 fully saturated rings. The Morgan fingerprint density at radius 2 is 1.38 bits per heavy atom. The molecule has 2 aromatic rings. The van der Waals surface area contributed by atoms with E-state index < -0.39 is 0 Å². The molecule has 2 aromatic carbocycles. The first kappa shape index (κ1) is 15.8. The predicted octanol–water partition coefficient (Wildman–Crippen LogP) is 5.04. The van der Waals surface area contributed by atoms with Crippen LogP contribution in [0, 0.1) is 12.8 Å². The molecule has 1 nitrogen and oxygen atoms in total. The lowest BCUT2D eigenvalue weighted by Gasteiger charge is -2.15. The summed E-state index contributed by atoms with van der Waals surface area (Å²) in [5, 5.41) is 3.59. The molecule has 2 rings (SSSR count). The lowest BCUT2D eigenvalue weighted by molar-refractivity contribution is 0.574. The third-order valence-electron chi connectivity index (χ3n) is 3.86. The van der Waals surface area contributed by atoms with Crippen LogP contribution in [0.1, 0.15) is 49.1 Å². The molecule has 0 saturated heterocycles. The van der Waals surface area contributed by atoms with Crippen molar-refractivity contribution >= 4 is 0 Å². The molecule has 0 spiro atoms. The third-order valence-corrected chi connectivity index (χ3v) is 3.86. The van der Waals surface area contributed by atoms with E-state index in [9.17, 15) is 0 Å². The van der Waals surface area contributed by atoms with E-state index in [1.165, 1.54) is 22.3 Å². The zero-order valence-corrected chi connectivity index (χ0v) is 13.7. The summed E-state index contributed by atoms with van der Waals surface area (Å²) in [6.07, 6.45) is 1.16. The quantitative estimate of drug-likeness (QED) is 0.781. The molecule has 0 heterocycles. The molecule has 1 heteroatoms. The highest BCUT2D eigenvalue weighted by Crippen LogP contribution is 2.15. The van der Waals surface area contributed by atoms with Crippen LogP contribution in [-0.4, -0.2) is 0 Å². The van der Waals surface area contributed by atoms with E-state index in [2.05, 4.69) is 81.5 Å². The van der Waals surface area contributed by atoms with Crippen molar-refractivity contribution in [2.45, 2.75) is 46.7 Å². The fraction of sp³-hybridized carbons (Fsp3) is 0.400. The molecule has 0 radical (unpaired) electrons. The summed E-state index contributed by atoms with van der Waals surface area (Å²) in [5.41, 5.74) is 5.44. The van der Waals surface area contributed by atoms with Gasteiger partial charge in [-0.15, -0.1) is 0 Å². The predicted molar refractivity (Wildman–Crippen MR) is 91.4 cm³/mol. The number of hydrogen-bond acceptors (Lipinski definition) is 1. The number of nitrogens with one attached hydrogen (secondary N) is 1. The van der Waals surface area contributed by atoms with Crippen molar-refractivity contribution in [2.24, 2.45) is 5.92 Å². The smallest absolute Gasteiger partial charge is 0.0294 e. The monoisotopic (exact) mass is 281 g/mol. The van der Waals surface area contributed by atoms with Crippen molar-refractivity contribution in [1.82, 2.24) is 5.32 Å². The molecule has 0 saturated carbocycles. The third kappa shape index (κ3) is 5.02. The van der Waals surface area contributed by atoms with Gasteiger partial charge in [-0.3, -0.25) is 0 Å². The van der Waals surface area contributed by atoms with Gasteiger partial charge in [-0.2, -0.15) is 0 Å². The first-order chi connectivity index (χ1) is 10.0. The van der Waals surface area contributed by atoms with Gasteiger partial charge in [0.05, 0.1) is 0 Å². The molecule has 112 valence electrons. The van der Waals surface area contributed by atoms with Gasteiger partial charge in [0.1, 0.15) is 0 Å². The maximum Gasteiger partial charge on any atom is 0.0294 e. The molecule has 1 N–H and O–H groups in total. The number of aryl methyl sites for hydroxylation is 1. The fourth-order valence-electron chi connectivity index (χ4n) is 2.51. The van der Waals surface area contributed by atoms with Crippen LogP contribution in [0.3, 0.4) is 0 Å². The van der Waals surface area contributed by atoms with Gasteiger partial charge in [0.15, 0.2) is 0 Å². The Labute approximate surface area is 129 Å². The van der Waals surface area contributed by atoms with Crippen LogP contribution >= 0.6 is 0 Å². The van der Waals surface area contributed by atoms with Crippen LogP contribution in [0.15, 0.2) is 48.5 Å². The van der Waals surface area contributed by atoms with Crippen LogP contribution in [0.4, 0.5) is 0 Å². The summed E-state index contributed by atoms with van der Waals surface area (Å²) in [6.45, 7) is 9.78. The largest absolute Gasteiger partial charge is 0.306 e. The van der Waals surface area contributed by atoms with E-state index in [1.807, 2.05) is 0 Å². The highest BCUT2D eigenvalue weighted by Gasteiger charge is 2.04. The lowest BCUT2D eigenvalue weighted by atomic mass is 10.0. The van der Waals surface area contributed by atoms with Gasteiger partial charge in [-0.1, -0.05) is 67.9 Å². The molecule has 1 unspecified atom stereocenters. The van der Waals surface area contributed by atoms with Crippen molar-refractivity contribution in [3.8, 4) is 0 Å². The Morgan fingerprint density at radius 1 is 0.810 bits per heavy atom. The molecular weight excluding hydrogens is 254 g/mol. The Kier molecular flexibility index (Phi) is 5.58. The van der Waals surface area contributed by atoms with Crippen LogP contribution in [-0.2, 0) is 13.0 Å².